The Bertz CT molecular complexity index is 673. The fraction of sp³-hybridized carbons (Fsp3) is 0.973. The third-order valence-electron chi connectivity index (χ3n) is 9.89. The predicted molar refractivity (Wildman–Crippen MR) is 210 cm³/mol. The third kappa shape index (κ3) is 11.4. The van der Waals surface area contributed by atoms with Gasteiger partial charge in [-0.25, -0.2) is 4.11 Å². The summed E-state index contributed by atoms with van der Waals surface area (Å²) < 4.78 is 17.5. The van der Waals surface area contributed by atoms with Crippen molar-refractivity contribution in [2.24, 2.45) is 0 Å². The summed E-state index contributed by atoms with van der Waals surface area (Å²) in [6.07, 6.45) is 0. The molecule has 44 heavy (non-hydrogen) atoms. The second-order valence-electron chi connectivity index (χ2n) is 22.4. The van der Waals surface area contributed by atoms with Gasteiger partial charge in [-0.3, -0.25) is 0 Å². The van der Waals surface area contributed by atoms with Crippen LogP contribution in [0.4, 0.5) is 0 Å². The smallest absolute Gasteiger partial charge is 0.678 e. The van der Waals surface area contributed by atoms with E-state index in [1.807, 2.05) is 0 Å². The van der Waals surface area contributed by atoms with Crippen LogP contribution in [-0.4, -0.2) is 34.5 Å². The van der Waals surface area contributed by atoms with E-state index in [1.54, 1.807) is 0 Å². The number of hydrogen-bond donors (Lipinski definition) is 2. The Morgan fingerprint density at radius 3 is 0.455 bits per heavy atom. The molecule has 0 aromatic carbocycles. The Morgan fingerprint density at radius 1 is 0.364 bits per heavy atom. The van der Waals surface area contributed by atoms with E-state index in [0.29, 0.717) is 0 Å². The molecule has 0 fully saturated rings. The van der Waals surface area contributed by atoms with Crippen molar-refractivity contribution in [3.63, 3.8) is 0 Å². The molecule has 0 radical (unpaired) electrons. The van der Waals surface area contributed by atoms with Crippen LogP contribution in [0.2, 0.25) is 45.3 Å². The maximum atomic E-state index is 11.2. The van der Waals surface area contributed by atoms with Gasteiger partial charge in [0.2, 0.25) is 16.6 Å². The second-order valence-corrected chi connectivity index (χ2v) is 40.3. The molecule has 3 N–H and O–H groups in total. The number of hydrogen-bond acceptors (Lipinski definition) is 2. The van der Waals surface area contributed by atoms with Crippen LogP contribution in [0.1, 0.15) is 191 Å². The van der Waals surface area contributed by atoms with Gasteiger partial charge in [0.05, 0.1) is 0 Å². The first-order chi connectivity index (χ1) is 19.0. The molecule has 0 aliphatic carbocycles. The minimum atomic E-state index is -2.35. The van der Waals surface area contributed by atoms with E-state index in [-0.39, 0.29) is 67.1 Å². The van der Waals surface area contributed by atoms with Crippen LogP contribution in [0.3, 0.4) is 0 Å². The molecule has 3 nitrogen and oxygen atoms in total. The molecular formula is C37H87NO2Si3Ti. The minimum Gasteiger partial charge on any atom is -0.678 e. The molecular weight excluding hydrogens is 623 g/mol. The van der Waals surface area contributed by atoms with Crippen molar-refractivity contribution in [2.45, 2.75) is 232 Å². The molecule has 268 valence electrons. The zero-order valence-corrected chi connectivity index (χ0v) is 40.0. The fourth-order valence-corrected chi connectivity index (χ4v) is 30.4. The molecule has 0 unspecified atom stereocenters. The molecule has 0 saturated carbocycles. The SMILES string of the molecule is CC(C)(C)[Si](O)(C(C)(C)C)C(C)(C)C.CC(C)(C)[Si](O)(C(C)(C)C)C(C)(C)C.CC(C)(C)[Si]([NH-])(C(C)(C)C)C(C)(C)C.[2H][C-]([2H])[2H].[Ti+2]. The first kappa shape index (κ1) is 47.4. The van der Waals surface area contributed by atoms with Gasteiger partial charge in [0.15, 0.2) is 0 Å². The van der Waals surface area contributed by atoms with Gasteiger partial charge in [0, 0.05) is 0 Å². The Balaban J connectivity index is -0.000000175. The van der Waals surface area contributed by atoms with E-state index in [1.165, 1.54) is 0 Å². The predicted octanol–water partition coefficient (Wildman–Crippen LogP) is 14.5. The van der Waals surface area contributed by atoms with Crippen LogP contribution in [0, 0.1) is 7.35 Å². The summed E-state index contributed by atoms with van der Waals surface area (Å²) in [5.74, 6) is 0. The molecule has 0 saturated heterocycles. The van der Waals surface area contributed by atoms with Gasteiger partial charge >= 0.3 is 21.7 Å². The van der Waals surface area contributed by atoms with E-state index in [4.69, 9.17) is 9.51 Å². The monoisotopic (exact) mass is 713 g/mol. The molecule has 0 aliphatic heterocycles. The Kier molecular flexibility index (Phi) is 16.6. The summed E-state index contributed by atoms with van der Waals surface area (Å²) in [5.41, 5.74) is 0. The van der Waals surface area contributed by atoms with E-state index < -0.39 is 32.2 Å². The fourth-order valence-electron chi connectivity index (χ4n) is 10.1. The van der Waals surface area contributed by atoms with Gasteiger partial charge in [0.1, 0.15) is 0 Å². The van der Waals surface area contributed by atoms with E-state index in [9.17, 15) is 9.59 Å². The van der Waals surface area contributed by atoms with Crippen molar-refractivity contribution in [2.75, 3.05) is 0 Å². The van der Waals surface area contributed by atoms with Gasteiger partial charge in [0.25, 0.3) is 0 Å². The molecule has 0 atom stereocenters. The van der Waals surface area contributed by atoms with E-state index in [2.05, 4.69) is 187 Å². The summed E-state index contributed by atoms with van der Waals surface area (Å²) in [6.45, 7) is 59.3. The van der Waals surface area contributed by atoms with Crippen molar-refractivity contribution >= 4 is 24.9 Å². The normalized spacial score (nSPS) is 16.0. The van der Waals surface area contributed by atoms with Crippen molar-refractivity contribution in [3.05, 3.63) is 12.8 Å². The third-order valence-corrected chi connectivity index (χ3v) is 29.7. The van der Waals surface area contributed by atoms with Crippen LogP contribution in [0.5, 0.6) is 0 Å². The standard InChI is InChI=1S/C12H28NSi.2C12H28OSi.CH3.Ti/c3*1-10(2,3)14(13,11(4,5)6)12(7,8)9;;/h3*13H,1-9H3;1H3;/q-1;;;-1;+2/i;;;1D3;. The van der Waals surface area contributed by atoms with Gasteiger partial charge in [-0.05, 0) is 38.5 Å². The molecule has 7 heteroatoms. The number of rotatable bonds is 0. The summed E-state index contributed by atoms with van der Waals surface area (Å²) in [6, 6.07) is 0. The van der Waals surface area contributed by atoms with Gasteiger partial charge in [-0.15, -0.1) is 0 Å². The Labute approximate surface area is 304 Å². The first-order valence-corrected chi connectivity index (χ1v) is 22.3. The van der Waals surface area contributed by atoms with Gasteiger partial charge in [-0.2, -0.15) is 0 Å². The topological polar surface area (TPSA) is 64.3 Å². The number of nitrogens with one attached hydrogen (secondary N) is 1. The van der Waals surface area contributed by atoms with Crippen LogP contribution in [0.15, 0.2) is 0 Å². The van der Waals surface area contributed by atoms with Crippen molar-refractivity contribution in [1.29, 1.82) is 0 Å². The zero-order valence-electron chi connectivity index (χ0n) is 38.4. The van der Waals surface area contributed by atoms with Crippen molar-refractivity contribution in [1.82, 2.24) is 0 Å². The van der Waals surface area contributed by atoms with Crippen LogP contribution >= 0.6 is 0 Å². The minimum absolute atomic E-state index is 0. The molecule has 0 amide bonds. The van der Waals surface area contributed by atoms with Crippen LogP contribution in [-0.2, 0) is 21.7 Å². The van der Waals surface area contributed by atoms with E-state index in [0.717, 1.165) is 0 Å². The largest absolute Gasteiger partial charge is 2.00 e. The molecule has 0 spiro atoms. The zero-order chi connectivity index (χ0) is 39.6. The van der Waals surface area contributed by atoms with E-state index >= 15 is 0 Å². The molecule has 0 rings (SSSR count). The Morgan fingerprint density at radius 2 is 0.455 bits per heavy atom. The molecule has 0 aromatic rings. The van der Waals surface area contributed by atoms with Gasteiger partial charge < -0.3 is 22.3 Å². The maximum absolute atomic E-state index is 11.2. The van der Waals surface area contributed by atoms with Crippen LogP contribution in [0.25, 0.3) is 5.40 Å². The summed E-state index contributed by atoms with van der Waals surface area (Å²) in [7, 11) is -7.65. The molecule has 0 heterocycles. The van der Waals surface area contributed by atoms with Crippen LogP contribution < -0.4 is 0 Å². The average Bonchev–Trinajstić information content (AvgIpc) is 2.64. The first-order valence-electron chi connectivity index (χ1n) is 17.9. The van der Waals surface area contributed by atoms with Crippen molar-refractivity contribution in [3.8, 4) is 0 Å². The quantitative estimate of drug-likeness (QED) is 0.194. The molecule has 0 aromatic heterocycles. The Hall–Kier alpha value is 1.24. The summed E-state index contributed by atoms with van der Waals surface area (Å²) in [4.78, 5) is 22.3. The van der Waals surface area contributed by atoms with Crippen molar-refractivity contribution < 1.29 is 35.4 Å². The average molecular weight is 713 g/mol. The maximum Gasteiger partial charge on any atom is 2.00 e. The summed E-state index contributed by atoms with van der Waals surface area (Å²) in [5, 5.41) is 9.50. The summed E-state index contributed by atoms with van der Waals surface area (Å²) >= 11 is 0. The molecule has 0 aliphatic rings. The van der Waals surface area contributed by atoms with Gasteiger partial charge in [-0.1, -0.05) is 202 Å². The second kappa shape index (κ2) is 15.4. The molecule has 0 bridgehead atoms.